The predicted octanol–water partition coefficient (Wildman–Crippen LogP) is 3.71. The minimum absolute atomic E-state index is 0.240. The first-order valence-electron chi connectivity index (χ1n) is 11.2. The van der Waals surface area contributed by atoms with Gasteiger partial charge in [-0.15, -0.1) is 0 Å². The maximum Gasteiger partial charge on any atom is 0.331 e. The van der Waals surface area contributed by atoms with E-state index in [0.29, 0.717) is 29.7 Å². The number of aryl methyl sites for hydroxylation is 1. The fourth-order valence-electron chi connectivity index (χ4n) is 3.67. The van der Waals surface area contributed by atoms with Crippen LogP contribution in [0.1, 0.15) is 22.5 Å². The molecule has 8 nitrogen and oxygen atoms in total. The monoisotopic (exact) mass is 495 g/mol. The van der Waals surface area contributed by atoms with Gasteiger partial charge in [-0.2, -0.15) is 5.10 Å². The molecule has 3 aromatic rings. The van der Waals surface area contributed by atoms with Gasteiger partial charge in [0.2, 0.25) is 0 Å². The Morgan fingerprint density at radius 3 is 2.71 bits per heavy atom. The number of nitrogens with zero attached hydrogens (tertiary/aromatic N) is 2. The van der Waals surface area contributed by atoms with Crippen LogP contribution >= 0.6 is 11.6 Å². The number of esters is 1. The Morgan fingerprint density at radius 1 is 1.17 bits per heavy atom. The summed E-state index contributed by atoms with van der Waals surface area (Å²) in [6, 6.07) is 14.9. The number of carbonyl (C=O) groups excluding carboxylic acids is 2. The minimum atomic E-state index is -0.621. The third-order valence-electron chi connectivity index (χ3n) is 5.54. The first kappa shape index (κ1) is 24.3. The summed E-state index contributed by atoms with van der Waals surface area (Å²) >= 11 is 6.26. The van der Waals surface area contributed by atoms with Crippen LogP contribution in [0, 0.1) is 13.8 Å². The van der Waals surface area contributed by atoms with Gasteiger partial charge in [0.05, 0.1) is 18.8 Å². The number of ether oxygens (including phenoxy) is 3. The van der Waals surface area contributed by atoms with Crippen LogP contribution in [-0.2, 0) is 20.9 Å². The number of para-hydroxylation sites is 2. The number of benzene rings is 2. The molecule has 1 atom stereocenters. The molecule has 2 aromatic carbocycles. The molecule has 35 heavy (non-hydrogen) atoms. The van der Waals surface area contributed by atoms with Crippen molar-refractivity contribution in [1.82, 2.24) is 15.1 Å². The number of rotatable bonds is 8. The summed E-state index contributed by atoms with van der Waals surface area (Å²) < 4.78 is 18.3. The Hall–Kier alpha value is -3.78. The van der Waals surface area contributed by atoms with E-state index in [-0.39, 0.29) is 12.6 Å². The van der Waals surface area contributed by atoms with E-state index in [4.69, 9.17) is 25.8 Å². The van der Waals surface area contributed by atoms with E-state index >= 15 is 0 Å². The molecule has 0 bridgehead atoms. The molecule has 0 saturated heterocycles. The molecule has 0 aliphatic carbocycles. The normalized spacial score (nSPS) is 14.7. The van der Waals surface area contributed by atoms with Gasteiger partial charge >= 0.3 is 5.97 Å². The average Bonchev–Trinajstić information content (AvgIpc) is 3.13. The van der Waals surface area contributed by atoms with Crippen LogP contribution in [0.4, 0.5) is 0 Å². The number of hydrogen-bond donors (Lipinski definition) is 1. The van der Waals surface area contributed by atoms with Gasteiger partial charge in [-0.25, -0.2) is 4.79 Å². The van der Waals surface area contributed by atoms with Crippen LogP contribution in [-0.4, -0.2) is 47.5 Å². The van der Waals surface area contributed by atoms with E-state index in [1.54, 1.807) is 12.1 Å². The zero-order valence-electron chi connectivity index (χ0n) is 19.5. The zero-order chi connectivity index (χ0) is 24.8. The van der Waals surface area contributed by atoms with Crippen LogP contribution in [0.25, 0.3) is 6.08 Å². The Bertz CT molecular complexity index is 1250. The van der Waals surface area contributed by atoms with Gasteiger partial charge in [0.25, 0.3) is 5.91 Å². The lowest BCUT2D eigenvalue weighted by atomic mass is 10.1. The molecule has 4 rings (SSSR count). The minimum Gasteiger partial charge on any atom is -0.486 e. The lowest BCUT2D eigenvalue weighted by Gasteiger charge is -2.26. The lowest BCUT2D eigenvalue weighted by Crippen LogP contribution is -2.42. The van der Waals surface area contributed by atoms with Crippen molar-refractivity contribution in [2.45, 2.75) is 26.5 Å². The highest BCUT2D eigenvalue weighted by Crippen LogP contribution is 2.30. The van der Waals surface area contributed by atoms with E-state index in [1.807, 2.05) is 61.0 Å². The smallest absolute Gasteiger partial charge is 0.331 e. The summed E-state index contributed by atoms with van der Waals surface area (Å²) in [7, 11) is 0. The summed E-state index contributed by atoms with van der Waals surface area (Å²) in [5.41, 5.74) is 3.43. The number of carbonyl (C=O) groups is 2. The van der Waals surface area contributed by atoms with Gasteiger partial charge in [-0.1, -0.05) is 41.9 Å². The number of aromatic nitrogens is 2. The molecule has 9 heteroatoms. The van der Waals surface area contributed by atoms with Crippen molar-refractivity contribution < 1.29 is 23.8 Å². The van der Waals surface area contributed by atoms with Crippen molar-refractivity contribution in [2.75, 3.05) is 19.8 Å². The molecule has 2 heterocycles. The van der Waals surface area contributed by atoms with Crippen molar-refractivity contribution >= 4 is 29.6 Å². The Balaban J connectivity index is 1.25. The molecule has 1 aliphatic rings. The van der Waals surface area contributed by atoms with Crippen LogP contribution in [0.15, 0.2) is 54.6 Å². The van der Waals surface area contributed by atoms with E-state index in [1.165, 1.54) is 6.08 Å². The second kappa shape index (κ2) is 11.1. The topological polar surface area (TPSA) is 91.7 Å². The molecule has 0 spiro atoms. The van der Waals surface area contributed by atoms with Crippen molar-refractivity contribution in [3.05, 3.63) is 82.1 Å². The third kappa shape index (κ3) is 6.22. The molecule has 1 aliphatic heterocycles. The lowest BCUT2D eigenvalue weighted by molar-refractivity contribution is -0.143. The fourth-order valence-corrected chi connectivity index (χ4v) is 3.87. The van der Waals surface area contributed by atoms with E-state index < -0.39 is 18.5 Å². The maximum absolute atomic E-state index is 12.2. The highest BCUT2D eigenvalue weighted by Gasteiger charge is 2.21. The number of hydrogen-bond acceptors (Lipinski definition) is 6. The summed E-state index contributed by atoms with van der Waals surface area (Å²) in [5.74, 6) is 0.268. The van der Waals surface area contributed by atoms with Crippen molar-refractivity contribution in [2.24, 2.45) is 0 Å². The summed E-state index contributed by atoms with van der Waals surface area (Å²) in [6.45, 7) is 4.48. The van der Waals surface area contributed by atoms with Gasteiger partial charge in [0.1, 0.15) is 12.7 Å². The maximum atomic E-state index is 12.2. The largest absolute Gasteiger partial charge is 0.486 e. The highest BCUT2D eigenvalue weighted by molar-refractivity contribution is 6.31. The summed E-state index contributed by atoms with van der Waals surface area (Å²) in [6.07, 6.45) is 2.61. The SMILES string of the molecule is Cc1nn(Cc2ccccc2Cl)c(C)c1/C=C/C(=O)OCC(=O)NCC1COc2ccccc2O1. The highest BCUT2D eigenvalue weighted by atomic mass is 35.5. The van der Waals surface area contributed by atoms with Gasteiger partial charge in [0, 0.05) is 22.4 Å². The van der Waals surface area contributed by atoms with Gasteiger partial charge in [-0.3, -0.25) is 9.48 Å². The summed E-state index contributed by atoms with van der Waals surface area (Å²) in [4.78, 5) is 24.2. The predicted molar refractivity (Wildman–Crippen MR) is 132 cm³/mol. The van der Waals surface area contributed by atoms with E-state index in [2.05, 4.69) is 10.4 Å². The number of nitrogens with one attached hydrogen (secondary N) is 1. The fraction of sp³-hybridized carbons (Fsp3) is 0.269. The molecule has 1 N–H and O–H groups in total. The molecule has 0 saturated carbocycles. The second-order valence-electron chi connectivity index (χ2n) is 8.08. The quantitative estimate of drug-likeness (QED) is 0.378. The molecule has 1 unspecified atom stereocenters. The molecule has 182 valence electrons. The van der Waals surface area contributed by atoms with Gasteiger partial charge < -0.3 is 19.5 Å². The Kier molecular flexibility index (Phi) is 7.72. The summed E-state index contributed by atoms with van der Waals surface area (Å²) in [5, 5.41) is 7.91. The zero-order valence-corrected chi connectivity index (χ0v) is 20.2. The molecular formula is C26H26ClN3O5. The van der Waals surface area contributed by atoms with Crippen LogP contribution < -0.4 is 14.8 Å². The third-order valence-corrected chi connectivity index (χ3v) is 5.91. The van der Waals surface area contributed by atoms with E-state index in [9.17, 15) is 9.59 Å². The number of fused-ring (bicyclic) bond motifs is 1. The van der Waals surface area contributed by atoms with Crippen molar-refractivity contribution in [3.8, 4) is 11.5 Å². The standard InChI is InChI=1S/C26H26ClN3O5/c1-17-21(18(2)30(29-17)14-19-7-3-4-8-22(19)27)11-12-26(32)34-16-25(31)28-13-20-15-33-23-9-5-6-10-24(23)35-20/h3-12,20H,13-16H2,1-2H3,(H,28,31)/b12-11+. The molecule has 0 radical (unpaired) electrons. The molecular weight excluding hydrogens is 470 g/mol. The molecule has 1 amide bonds. The number of halogens is 1. The molecule has 0 fully saturated rings. The first-order valence-corrected chi connectivity index (χ1v) is 11.6. The van der Waals surface area contributed by atoms with Crippen molar-refractivity contribution in [1.29, 1.82) is 0 Å². The molecule has 1 aromatic heterocycles. The second-order valence-corrected chi connectivity index (χ2v) is 8.48. The van der Waals surface area contributed by atoms with E-state index in [0.717, 1.165) is 22.5 Å². The van der Waals surface area contributed by atoms with Crippen LogP contribution in [0.2, 0.25) is 5.02 Å². The Morgan fingerprint density at radius 2 is 1.91 bits per heavy atom. The van der Waals surface area contributed by atoms with Gasteiger partial charge in [0.15, 0.2) is 18.1 Å². The first-order chi connectivity index (χ1) is 16.9. The van der Waals surface area contributed by atoms with Crippen LogP contribution in [0.5, 0.6) is 11.5 Å². The van der Waals surface area contributed by atoms with Gasteiger partial charge in [-0.05, 0) is 43.7 Å². The number of amides is 1. The van der Waals surface area contributed by atoms with Crippen LogP contribution in [0.3, 0.4) is 0 Å². The van der Waals surface area contributed by atoms with Crippen molar-refractivity contribution in [3.63, 3.8) is 0 Å². The Labute approximate surface area is 208 Å². The average molecular weight is 496 g/mol.